The van der Waals surface area contributed by atoms with E-state index in [9.17, 15) is 0 Å². The van der Waals surface area contributed by atoms with E-state index in [1.54, 1.807) is 10.9 Å². The molecule has 0 N–H and O–H groups in total. The molecule has 0 fully saturated rings. The average molecular weight is 265 g/mol. The molecule has 0 atom stereocenters. The van der Waals surface area contributed by atoms with Crippen molar-refractivity contribution < 1.29 is 4.42 Å². The first-order valence-corrected chi connectivity index (χ1v) is 6.05. The van der Waals surface area contributed by atoms with Crippen LogP contribution in [0.2, 0.25) is 0 Å². The van der Waals surface area contributed by atoms with E-state index in [4.69, 9.17) is 9.68 Å². The quantitative estimate of drug-likeness (QED) is 0.724. The molecule has 6 nitrogen and oxygen atoms in total. The Morgan fingerprint density at radius 3 is 2.80 bits per heavy atom. The first-order valence-electron chi connectivity index (χ1n) is 6.05. The molecule has 0 spiro atoms. The van der Waals surface area contributed by atoms with Crippen molar-refractivity contribution in [2.75, 3.05) is 0 Å². The van der Waals surface area contributed by atoms with Gasteiger partial charge in [0.05, 0.1) is 6.54 Å². The lowest BCUT2D eigenvalue weighted by Gasteiger charge is -1.96. The van der Waals surface area contributed by atoms with Gasteiger partial charge in [0.1, 0.15) is 24.4 Å². The van der Waals surface area contributed by atoms with E-state index < -0.39 is 0 Å². The third kappa shape index (κ3) is 2.42. The molecule has 0 unspecified atom stereocenters. The van der Waals surface area contributed by atoms with Crippen LogP contribution in [0.1, 0.15) is 17.1 Å². The van der Waals surface area contributed by atoms with Gasteiger partial charge in [-0.3, -0.25) is 0 Å². The van der Waals surface area contributed by atoms with Gasteiger partial charge in [0.2, 0.25) is 5.89 Å². The van der Waals surface area contributed by atoms with E-state index in [1.165, 1.54) is 11.9 Å². The molecule has 0 radical (unpaired) electrons. The molecule has 0 aliphatic rings. The van der Waals surface area contributed by atoms with Crippen molar-refractivity contribution in [1.82, 2.24) is 19.7 Å². The third-order valence-electron chi connectivity index (χ3n) is 2.81. The second-order valence-electron chi connectivity index (χ2n) is 4.39. The van der Waals surface area contributed by atoms with E-state index in [-0.39, 0.29) is 5.82 Å². The molecular weight excluding hydrogens is 254 g/mol. The molecule has 0 saturated heterocycles. The zero-order valence-electron chi connectivity index (χ0n) is 10.8. The molecule has 1 aromatic carbocycles. The van der Waals surface area contributed by atoms with Crippen molar-refractivity contribution in [3.8, 4) is 17.5 Å². The molecule has 3 aromatic rings. The Hall–Kier alpha value is -2.94. The van der Waals surface area contributed by atoms with Crippen LogP contribution in [0.4, 0.5) is 0 Å². The van der Waals surface area contributed by atoms with Gasteiger partial charge in [-0.25, -0.2) is 14.6 Å². The van der Waals surface area contributed by atoms with Gasteiger partial charge in [0.15, 0.2) is 0 Å². The summed E-state index contributed by atoms with van der Waals surface area (Å²) in [6.07, 6.45) is 3.09. The van der Waals surface area contributed by atoms with E-state index in [0.29, 0.717) is 12.4 Å². The maximum absolute atomic E-state index is 8.67. The van der Waals surface area contributed by atoms with Gasteiger partial charge in [0.25, 0.3) is 5.82 Å². The molecule has 20 heavy (non-hydrogen) atoms. The minimum absolute atomic E-state index is 0.146. The molecule has 0 aliphatic carbocycles. The summed E-state index contributed by atoms with van der Waals surface area (Å²) in [6.45, 7) is 2.45. The molecule has 0 aliphatic heterocycles. The highest BCUT2D eigenvalue weighted by atomic mass is 16.3. The summed E-state index contributed by atoms with van der Waals surface area (Å²) in [5, 5.41) is 12.7. The normalized spacial score (nSPS) is 10.4. The van der Waals surface area contributed by atoms with Crippen LogP contribution in [-0.4, -0.2) is 19.7 Å². The number of hydrogen-bond donors (Lipinski definition) is 0. The Labute approximate surface area is 115 Å². The van der Waals surface area contributed by atoms with Gasteiger partial charge in [0, 0.05) is 5.56 Å². The van der Waals surface area contributed by atoms with Crippen LogP contribution in [0, 0.1) is 18.3 Å². The van der Waals surface area contributed by atoms with Gasteiger partial charge in [-0.05, 0) is 19.1 Å². The molecule has 2 heterocycles. The predicted octanol–water partition coefficient (Wildman–Crippen LogP) is 2.16. The van der Waals surface area contributed by atoms with Crippen molar-refractivity contribution in [1.29, 1.82) is 5.26 Å². The first kappa shape index (κ1) is 12.1. The topological polar surface area (TPSA) is 80.5 Å². The highest BCUT2D eigenvalue weighted by Crippen LogP contribution is 2.19. The fourth-order valence-electron chi connectivity index (χ4n) is 1.80. The number of benzene rings is 1. The minimum Gasteiger partial charge on any atom is -0.444 e. The molecular formula is C14H11N5O. The fraction of sp³-hybridized carbons (Fsp3) is 0.143. The van der Waals surface area contributed by atoms with Crippen LogP contribution in [0.25, 0.3) is 11.5 Å². The number of nitrogens with zero attached hydrogens (tertiary/aromatic N) is 5. The molecule has 6 heteroatoms. The van der Waals surface area contributed by atoms with Crippen LogP contribution in [0.3, 0.4) is 0 Å². The van der Waals surface area contributed by atoms with Crippen molar-refractivity contribution in [3.05, 3.63) is 53.9 Å². The second-order valence-corrected chi connectivity index (χ2v) is 4.39. The first-order chi connectivity index (χ1) is 9.74. The lowest BCUT2D eigenvalue weighted by molar-refractivity contribution is 0.569. The number of hydrogen-bond acceptors (Lipinski definition) is 5. The summed E-state index contributed by atoms with van der Waals surface area (Å²) in [5.74, 6) is 0.716. The smallest absolute Gasteiger partial charge is 0.252 e. The molecule has 0 amide bonds. The summed E-state index contributed by atoms with van der Waals surface area (Å²) in [4.78, 5) is 8.24. The van der Waals surface area contributed by atoms with Crippen molar-refractivity contribution in [2.24, 2.45) is 0 Å². The van der Waals surface area contributed by atoms with Crippen molar-refractivity contribution in [3.63, 3.8) is 0 Å². The van der Waals surface area contributed by atoms with Crippen LogP contribution in [0.5, 0.6) is 0 Å². The van der Waals surface area contributed by atoms with E-state index in [2.05, 4.69) is 15.1 Å². The second kappa shape index (κ2) is 4.97. The lowest BCUT2D eigenvalue weighted by Crippen LogP contribution is -2.00. The van der Waals surface area contributed by atoms with Gasteiger partial charge >= 0.3 is 0 Å². The third-order valence-corrected chi connectivity index (χ3v) is 2.81. The number of nitriles is 1. The van der Waals surface area contributed by atoms with Crippen molar-refractivity contribution in [2.45, 2.75) is 13.5 Å². The highest BCUT2D eigenvalue weighted by Gasteiger charge is 2.08. The summed E-state index contributed by atoms with van der Waals surface area (Å²) >= 11 is 0. The Morgan fingerprint density at radius 2 is 2.10 bits per heavy atom. The summed E-state index contributed by atoms with van der Waals surface area (Å²) < 4.78 is 7.01. The zero-order valence-corrected chi connectivity index (χ0v) is 10.8. The Balaban J connectivity index is 1.80. The van der Waals surface area contributed by atoms with Crippen LogP contribution in [0.15, 0.2) is 41.3 Å². The van der Waals surface area contributed by atoms with Crippen LogP contribution in [-0.2, 0) is 6.54 Å². The molecule has 2 aromatic heterocycles. The standard InChI is InChI=1S/C14H11N5O/c1-10-2-4-11(5-3-10)14-17-12(8-20-14)7-19-9-16-13(6-15)18-19/h2-5,8-9H,7H2,1H3. The Kier molecular flexibility index (Phi) is 3.01. The maximum atomic E-state index is 8.67. The molecule has 0 bridgehead atoms. The largest absolute Gasteiger partial charge is 0.444 e. The molecule has 98 valence electrons. The van der Waals surface area contributed by atoms with Crippen molar-refractivity contribution >= 4 is 0 Å². The summed E-state index contributed by atoms with van der Waals surface area (Å²) in [6, 6.07) is 9.83. The van der Waals surface area contributed by atoms with E-state index in [1.807, 2.05) is 37.3 Å². The van der Waals surface area contributed by atoms with Gasteiger partial charge in [-0.2, -0.15) is 5.26 Å². The molecule has 3 rings (SSSR count). The molecule has 0 saturated carbocycles. The Morgan fingerprint density at radius 1 is 1.30 bits per heavy atom. The maximum Gasteiger partial charge on any atom is 0.252 e. The monoisotopic (exact) mass is 265 g/mol. The van der Waals surface area contributed by atoms with Crippen LogP contribution >= 0.6 is 0 Å². The van der Waals surface area contributed by atoms with Gasteiger partial charge < -0.3 is 4.42 Å². The average Bonchev–Trinajstić information content (AvgIpc) is 3.09. The number of aromatic nitrogens is 4. The summed E-state index contributed by atoms with van der Waals surface area (Å²) in [5.41, 5.74) is 2.85. The lowest BCUT2D eigenvalue weighted by atomic mass is 10.1. The van der Waals surface area contributed by atoms with Gasteiger partial charge in [-0.15, -0.1) is 5.10 Å². The zero-order chi connectivity index (χ0) is 13.9. The predicted molar refractivity (Wildman–Crippen MR) is 70.5 cm³/mol. The Bertz CT molecular complexity index is 763. The number of oxazole rings is 1. The van der Waals surface area contributed by atoms with E-state index >= 15 is 0 Å². The van der Waals surface area contributed by atoms with Crippen LogP contribution < -0.4 is 0 Å². The van der Waals surface area contributed by atoms with Gasteiger partial charge in [-0.1, -0.05) is 17.7 Å². The minimum atomic E-state index is 0.146. The SMILES string of the molecule is Cc1ccc(-c2nc(Cn3cnc(C#N)n3)co2)cc1. The summed E-state index contributed by atoms with van der Waals surface area (Å²) in [7, 11) is 0. The highest BCUT2D eigenvalue weighted by molar-refractivity contribution is 5.53. The number of aryl methyl sites for hydroxylation is 1. The van der Waals surface area contributed by atoms with E-state index in [0.717, 1.165) is 11.3 Å². The fourth-order valence-corrected chi connectivity index (χ4v) is 1.80. The number of rotatable bonds is 3.